The maximum Gasteiger partial charge on any atom is 0.265 e. The Hall–Kier alpha value is -2.45. The highest BCUT2D eigenvalue weighted by Crippen LogP contribution is 2.34. The molecule has 1 saturated carbocycles. The van der Waals surface area contributed by atoms with Gasteiger partial charge in [-0.05, 0) is 38.9 Å². The first kappa shape index (κ1) is 21.4. The number of carbonyl (C=O) groups is 1. The Morgan fingerprint density at radius 1 is 1.19 bits per heavy atom. The third-order valence-corrected chi connectivity index (χ3v) is 7.85. The molecule has 1 amide bonds. The van der Waals surface area contributed by atoms with E-state index in [-0.39, 0.29) is 5.91 Å². The molecule has 0 N–H and O–H groups in total. The molecule has 3 heterocycles. The van der Waals surface area contributed by atoms with Crippen LogP contribution in [0.15, 0.2) is 28.9 Å². The number of hydrogen-bond acceptors (Lipinski definition) is 7. The molecule has 1 aromatic carbocycles. The zero-order valence-corrected chi connectivity index (χ0v) is 19.7. The van der Waals surface area contributed by atoms with Gasteiger partial charge in [-0.3, -0.25) is 4.79 Å². The molecule has 0 spiro atoms. The lowest BCUT2D eigenvalue weighted by molar-refractivity contribution is 0.0652. The fourth-order valence-electron chi connectivity index (χ4n) is 4.93. The number of fused-ring (bicyclic) bond motifs is 1. The molecule has 0 radical (unpaired) electrons. The average molecular weight is 454 g/mol. The Bertz CT molecular complexity index is 1080. The molecule has 0 bridgehead atoms. The number of carbonyl (C=O) groups excluding carboxylic acids is 1. The zero-order chi connectivity index (χ0) is 22.1. The van der Waals surface area contributed by atoms with E-state index < -0.39 is 0 Å². The van der Waals surface area contributed by atoms with E-state index >= 15 is 0 Å². The minimum atomic E-state index is 0.0910. The van der Waals surface area contributed by atoms with Gasteiger partial charge in [0, 0.05) is 50.5 Å². The first-order valence-electron chi connectivity index (χ1n) is 11.7. The Balaban J connectivity index is 1.36. The fraction of sp³-hybridized carbons (Fsp3) is 0.542. The number of piperazine rings is 1. The monoisotopic (exact) mass is 453 g/mol. The van der Waals surface area contributed by atoms with Gasteiger partial charge in [-0.2, -0.15) is 0 Å². The van der Waals surface area contributed by atoms with Crippen LogP contribution >= 0.6 is 11.3 Å². The number of amides is 1. The van der Waals surface area contributed by atoms with Crippen molar-refractivity contribution in [2.24, 2.45) is 0 Å². The van der Waals surface area contributed by atoms with Gasteiger partial charge < -0.3 is 19.2 Å². The first-order chi connectivity index (χ1) is 15.6. The summed E-state index contributed by atoms with van der Waals surface area (Å²) in [4.78, 5) is 25.2. The largest absolute Gasteiger partial charge is 0.369 e. The van der Waals surface area contributed by atoms with Gasteiger partial charge in [0.15, 0.2) is 5.58 Å². The van der Waals surface area contributed by atoms with Gasteiger partial charge in [0.25, 0.3) is 5.91 Å². The van der Waals surface area contributed by atoms with Crippen molar-refractivity contribution >= 4 is 33.9 Å². The summed E-state index contributed by atoms with van der Waals surface area (Å²) in [5.74, 6) is 0.0910. The summed E-state index contributed by atoms with van der Waals surface area (Å²) >= 11 is 1.41. The van der Waals surface area contributed by atoms with Gasteiger partial charge in [0.1, 0.15) is 15.6 Å². The number of thiazole rings is 1. The highest BCUT2D eigenvalue weighted by atomic mass is 32.1. The summed E-state index contributed by atoms with van der Waals surface area (Å²) in [5.41, 5.74) is 2.64. The summed E-state index contributed by atoms with van der Waals surface area (Å²) < 4.78 is 5.67. The number of anilines is 1. The smallest absolute Gasteiger partial charge is 0.265 e. The van der Waals surface area contributed by atoms with Gasteiger partial charge in [-0.25, -0.2) is 4.98 Å². The van der Waals surface area contributed by atoms with Crippen LogP contribution in [0.5, 0.6) is 0 Å². The minimum Gasteiger partial charge on any atom is -0.369 e. The van der Waals surface area contributed by atoms with Crippen molar-refractivity contribution < 1.29 is 9.32 Å². The van der Waals surface area contributed by atoms with Crippen LogP contribution in [0.25, 0.3) is 21.7 Å². The van der Waals surface area contributed by atoms with E-state index in [2.05, 4.69) is 52.1 Å². The van der Waals surface area contributed by atoms with Crippen molar-refractivity contribution in [2.45, 2.75) is 45.1 Å². The Kier molecular flexibility index (Phi) is 6.15. The Morgan fingerprint density at radius 3 is 2.72 bits per heavy atom. The normalized spacial score (nSPS) is 18.4. The quantitative estimate of drug-likeness (QED) is 0.567. The molecule has 0 unspecified atom stereocenters. The Morgan fingerprint density at radius 2 is 1.97 bits per heavy atom. The summed E-state index contributed by atoms with van der Waals surface area (Å²) in [6.07, 6.45) is 7.62. The summed E-state index contributed by atoms with van der Waals surface area (Å²) in [7, 11) is 2.16. The van der Waals surface area contributed by atoms with E-state index in [0.717, 1.165) is 72.9 Å². The standard InChI is InChI=1S/C24H31N5O2S/c1-3-29(17-7-5-4-6-8-17)24(30)21-16-25-23(32-21)22-19-10-9-18(15-20(19)31-26-22)28-13-11-27(2)12-14-28/h9-10,15-17H,3-8,11-14H2,1-2H3. The van der Waals surface area contributed by atoms with E-state index in [1.165, 1.54) is 30.6 Å². The molecule has 2 aromatic heterocycles. The lowest BCUT2D eigenvalue weighted by Gasteiger charge is -2.33. The molecule has 2 aliphatic rings. The van der Waals surface area contributed by atoms with Gasteiger partial charge in [-0.1, -0.05) is 24.4 Å². The van der Waals surface area contributed by atoms with Crippen molar-refractivity contribution in [3.63, 3.8) is 0 Å². The second-order valence-electron chi connectivity index (χ2n) is 8.91. The number of hydrogen-bond donors (Lipinski definition) is 0. The van der Waals surface area contributed by atoms with Gasteiger partial charge in [0.05, 0.1) is 11.6 Å². The topological polar surface area (TPSA) is 65.7 Å². The second-order valence-corrected chi connectivity index (χ2v) is 9.95. The van der Waals surface area contributed by atoms with E-state index in [9.17, 15) is 4.79 Å². The van der Waals surface area contributed by atoms with Crippen LogP contribution in [0.2, 0.25) is 0 Å². The molecule has 8 heteroatoms. The van der Waals surface area contributed by atoms with Crippen LogP contribution in [0.4, 0.5) is 5.69 Å². The first-order valence-corrected chi connectivity index (χ1v) is 12.6. The molecule has 2 fully saturated rings. The van der Waals surface area contributed by atoms with Crippen LogP contribution in [-0.2, 0) is 0 Å². The molecule has 1 aliphatic heterocycles. The average Bonchev–Trinajstić information content (AvgIpc) is 3.47. The van der Waals surface area contributed by atoms with E-state index in [1.54, 1.807) is 6.20 Å². The molecule has 32 heavy (non-hydrogen) atoms. The number of nitrogens with zero attached hydrogens (tertiary/aromatic N) is 5. The van der Waals surface area contributed by atoms with Crippen molar-refractivity contribution in [3.05, 3.63) is 29.3 Å². The Labute approximate surface area is 193 Å². The third-order valence-electron chi connectivity index (χ3n) is 6.86. The van der Waals surface area contributed by atoms with Crippen LogP contribution in [0.1, 0.15) is 48.7 Å². The lowest BCUT2D eigenvalue weighted by atomic mass is 9.94. The van der Waals surface area contributed by atoms with E-state index in [1.807, 2.05) is 4.90 Å². The predicted molar refractivity (Wildman–Crippen MR) is 128 cm³/mol. The lowest BCUT2D eigenvalue weighted by Crippen LogP contribution is -2.44. The SMILES string of the molecule is CCN(C(=O)c1cnc(-c2noc3cc(N4CCN(C)CC4)ccc23)s1)C1CCCCC1. The minimum absolute atomic E-state index is 0.0910. The zero-order valence-electron chi connectivity index (χ0n) is 18.9. The molecule has 1 saturated heterocycles. The highest BCUT2D eigenvalue weighted by Gasteiger charge is 2.27. The van der Waals surface area contributed by atoms with E-state index in [4.69, 9.17) is 4.52 Å². The molecule has 7 nitrogen and oxygen atoms in total. The van der Waals surface area contributed by atoms with Crippen LogP contribution in [0, 0.1) is 0 Å². The van der Waals surface area contributed by atoms with Crippen molar-refractivity contribution in [1.82, 2.24) is 19.9 Å². The fourth-order valence-corrected chi connectivity index (χ4v) is 5.79. The van der Waals surface area contributed by atoms with E-state index in [0.29, 0.717) is 10.9 Å². The second kappa shape index (κ2) is 9.19. The van der Waals surface area contributed by atoms with Crippen LogP contribution in [-0.4, -0.2) is 71.7 Å². The molecular weight excluding hydrogens is 422 g/mol. The molecule has 0 atom stereocenters. The number of rotatable bonds is 5. The maximum atomic E-state index is 13.2. The van der Waals surface area contributed by atoms with Crippen molar-refractivity contribution in [1.29, 1.82) is 0 Å². The highest BCUT2D eigenvalue weighted by molar-refractivity contribution is 7.17. The van der Waals surface area contributed by atoms with Crippen LogP contribution < -0.4 is 4.90 Å². The summed E-state index contributed by atoms with van der Waals surface area (Å²) in [6.45, 7) is 6.94. The molecule has 3 aromatic rings. The molecular formula is C24H31N5O2S. The number of likely N-dealkylation sites (N-methyl/N-ethyl adjacent to an activating group) is 1. The van der Waals surface area contributed by atoms with Gasteiger partial charge in [-0.15, -0.1) is 11.3 Å². The summed E-state index contributed by atoms with van der Waals surface area (Å²) in [5, 5.41) is 5.99. The van der Waals surface area contributed by atoms with Gasteiger partial charge in [0.2, 0.25) is 0 Å². The predicted octanol–water partition coefficient (Wildman–Crippen LogP) is 4.50. The number of benzene rings is 1. The maximum absolute atomic E-state index is 13.2. The molecule has 170 valence electrons. The molecule has 1 aliphatic carbocycles. The van der Waals surface area contributed by atoms with Crippen molar-refractivity contribution in [3.8, 4) is 10.7 Å². The summed E-state index contributed by atoms with van der Waals surface area (Å²) in [6, 6.07) is 6.62. The van der Waals surface area contributed by atoms with Gasteiger partial charge >= 0.3 is 0 Å². The third kappa shape index (κ3) is 4.13. The molecule has 5 rings (SSSR count). The van der Waals surface area contributed by atoms with Crippen molar-refractivity contribution in [2.75, 3.05) is 44.7 Å². The van der Waals surface area contributed by atoms with Crippen LogP contribution in [0.3, 0.4) is 0 Å². The number of aromatic nitrogens is 2.